The molecule has 154 valence electrons. The summed E-state index contributed by atoms with van der Waals surface area (Å²) in [6.07, 6.45) is -0.0456. The normalized spacial score (nSPS) is 25.6. The number of nitrogens with zero attached hydrogens (tertiary/aromatic N) is 2. The number of nitrogens with one attached hydrogen (secondary N) is 2. The molecule has 6 nitrogen and oxygen atoms in total. The van der Waals surface area contributed by atoms with Crippen LogP contribution in [0.25, 0.3) is 0 Å². The molecule has 2 atom stereocenters. The molecule has 2 aromatic carbocycles. The highest BCUT2D eigenvalue weighted by molar-refractivity contribution is 5.95. The number of carbonyl (C=O) groups is 1. The lowest BCUT2D eigenvalue weighted by molar-refractivity contribution is 0.0290. The monoisotopic (exact) mass is 394 g/mol. The lowest BCUT2D eigenvalue weighted by Crippen LogP contribution is -2.61. The number of piperidine rings is 1. The number of β-amino-alcohol motifs (C(OH)–C–C–N with tert-alkyl or cyclic N) is 1. The molecule has 2 saturated heterocycles. The maximum atomic E-state index is 13.1. The second-order valence-electron chi connectivity index (χ2n) is 8.10. The molecular formula is C23H30N4O2. The number of piperazine rings is 1. The number of amides is 1. The molecule has 2 aliphatic rings. The van der Waals surface area contributed by atoms with Gasteiger partial charge in [-0.2, -0.15) is 0 Å². The standard InChI is InChI=1S/C23H30N4O2/c1-26-13-15-27(16-14-26)20-9-7-18(8-10-20)22(29)25-23(11-12-24-17-21(23)28)19-5-3-2-4-6-19/h2-10,21,24,28H,11-17H2,1H3,(H,25,29)/t21-,23+/m1/s1. The predicted molar refractivity (Wildman–Crippen MR) is 115 cm³/mol. The summed E-state index contributed by atoms with van der Waals surface area (Å²) in [6, 6.07) is 17.6. The molecule has 0 saturated carbocycles. The summed E-state index contributed by atoms with van der Waals surface area (Å²) in [5.74, 6) is -0.153. The van der Waals surface area contributed by atoms with Gasteiger partial charge in [0.25, 0.3) is 5.91 Å². The van der Waals surface area contributed by atoms with Gasteiger partial charge in [0.05, 0.1) is 11.6 Å². The second-order valence-corrected chi connectivity index (χ2v) is 8.10. The van der Waals surface area contributed by atoms with Crippen molar-refractivity contribution in [2.75, 3.05) is 51.2 Å². The van der Waals surface area contributed by atoms with E-state index in [0.29, 0.717) is 18.5 Å². The Balaban J connectivity index is 1.52. The average molecular weight is 395 g/mol. The van der Waals surface area contributed by atoms with Gasteiger partial charge in [0, 0.05) is 44.0 Å². The van der Waals surface area contributed by atoms with Gasteiger partial charge in [-0.25, -0.2) is 0 Å². The third-order valence-electron chi connectivity index (χ3n) is 6.23. The molecule has 0 bridgehead atoms. The fourth-order valence-corrected chi connectivity index (χ4v) is 4.32. The molecule has 3 N–H and O–H groups in total. The Labute approximate surface area is 172 Å². The second kappa shape index (κ2) is 8.53. The molecule has 29 heavy (non-hydrogen) atoms. The van der Waals surface area contributed by atoms with E-state index < -0.39 is 11.6 Å². The van der Waals surface area contributed by atoms with Crippen LogP contribution < -0.4 is 15.5 Å². The van der Waals surface area contributed by atoms with Crippen molar-refractivity contribution in [3.8, 4) is 0 Å². The zero-order valence-electron chi connectivity index (χ0n) is 17.0. The van der Waals surface area contributed by atoms with Crippen molar-refractivity contribution in [2.45, 2.75) is 18.1 Å². The van der Waals surface area contributed by atoms with Crippen LogP contribution in [0.3, 0.4) is 0 Å². The number of anilines is 1. The molecule has 0 radical (unpaired) electrons. The van der Waals surface area contributed by atoms with Crippen LogP contribution in [0.4, 0.5) is 5.69 Å². The van der Waals surface area contributed by atoms with Crippen LogP contribution in [-0.4, -0.2) is 68.3 Å². The Bertz CT molecular complexity index is 819. The maximum Gasteiger partial charge on any atom is 0.252 e. The van der Waals surface area contributed by atoms with Crippen molar-refractivity contribution >= 4 is 11.6 Å². The smallest absolute Gasteiger partial charge is 0.252 e. The van der Waals surface area contributed by atoms with Crippen molar-refractivity contribution in [1.29, 1.82) is 0 Å². The number of aliphatic hydroxyl groups excluding tert-OH is 1. The summed E-state index contributed by atoms with van der Waals surface area (Å²) in [7, 11) is 2.14. The number of benzene rings is 2. The molecule has 2 aliphatic heterocycles. The Morgan fingerprint density at radius 1 is 1.07 bits per heavy atom. The van der Waals surface area contributed by atoms with Gasteiger partial charge in [-0.3, -0.25) is 4.79 Å². The first-order valence-electron chi connectivity index (χ1n) is 10.4. The highest BCUT2D eigenvalue weighted by Crippen LogP contribution is 2.31. The van der Waals surface area contributed by atoms with Crippen LogP contribution in [-0.2, 0) is 5.54 Å². The Morgan fingerprint density at radius 3 is 2.41 bits per heavy atom. The van der Waals surface area contributed by atoms with Crippen LogP contribution in [0, 0.1) is 0 Å². The highest BCUT2D eigenvalue weighted by atomic mass is 16.3. The van der Waals surface area contributed by atoms with Crippen LogP contribution in [0.2, 0.25) is 0 Å². The number of hydrogen-bond donors (Lipinski definition) is 3. The zero-order valence-corrected chi connectivity index (χ0v) is 17.0. The van der Waals surface area contributed by atoms with E-state index in [9.17, 15) is 9.90 Å². The van der Waals surface area contributed by atoms with E-state index >= 15 is 0 Å². The number of likely N-dealkylation sites (N-methyl/N-ethyl adjacent to an activating group) is 1. The molecule has 4 rings (SSSR count). The van der Waals surface area contributed by atoms with Crippen LogP contribution in [0.5, 0.6) is 0 Å². The zero-order chi connectivity index (χ0) is 20.3. The van der Waals surface area contributed by atoms with Crippen LogP contribution in [0.15, 0.2) is 54.6 Å². The van der Waals surface area contributed by atoms with Gasteiger partial charge in [-0.15, -0.1) is 0 Å². The quantitative estimate of drug-likeness (QED) is 0.732. The number of rotatable bonds is 4. The minimum absolute atomic E-state index is 0.153. The molecule has 2 heterocycles. The SMILES string of the molecule is CN1CCN(c2ccc(C(=O)N[C@]3(c4ccccc4)CCNC[C@H]3O)cc2)CC1. The van der Waals surface area contributed by atoms with Gasteiger partial charge in [-0.1, -0.05) is 30.3 Å². The summed E-state index contributed by atoms with van der Waals surface area (Å²) in [4.78, 5) is 17.8. The van der Waals surface area contributed by atoms with Gasteiger partial charge in [0.2, 0.25) is 0 Å². The highest BCUT2D eigenvalue weighted by Gasteiger charge is 2.42. The molecule has 0 aliphatic carbocycles. The summed E-state index contributed by atoms with van der Waals surface area (Å²) in [5, 5.41) is 17.2. The summed E-state index contributed by atoms with van der Waals surface area (Å²) in [5.41, 5.74) is 1.93. The summed E-state index contributed by atoms with van der Waals surface area (Å²) < 4.78 is 0. The molecule has 2 aromatic rings. The van der Waals surface area contributed by atoms with E-state index in [1.165, 1.54) is 0 Å². The Kier molecular flexibility index (Phi) is 5.85. The van der Waals surface area contributed by atoms with Crippen LogP contribution in [0.1, 0.15) is 22.3 Å². The first-order valence-corrected chi connectivity index (χ1v) is 10.4. The largest absolute Gasteiger partial charge is 0.389 e. The topological polar surface area (TPSA) is 67.8 Å². The minimum Gasteiger partial charge on any atom is -0.389 e. The molecule has 0 spiro atoms. The predicted octanol–water partition coefficient (Wildman–Crippen LogP) is 1.42. The average Bonchev–Trinajstić information content (AvgIpc) is 2.77. The van der Waals surface area contributed by atoms with Gasteiger partial charge in [-0.05, 0) is 49.8 Å². The third-order valence-corrected chi connectivity index (χ3v) is 6.23. The first kappa shape index (κ1) is 19.9. The Hall–Kier alpha value is -2.41. The van der Waals surface area contributed by atoms with E-state index in [4.69, 9.17) is 0 Å². The molecule has 2 fully saturated rings. The van der Waals surface area contributed by atoms with Gasteiger partial charge < -0.3 is 25.5 Å². The van der Waals surface area contributed by atoms with Crippen molar-refractivity contribution < 1.29 is 9.90 Å². The molecule has 0 unspecified atom stereocenters. The fourth-order valence-electron chi connectivity index (χ4n) is 4.32. The number of aliphatic hydroxyl groups is 1. The molecule has 6 heteroatoms. The third kappa shape index (κ3) is 4.15. The minimum atomic E-state index is -0.778. The van der Waals surface area contributed by atoms with Gasteiger partial charge >= 0.3 is 0 Å². The van der Waals surface area contributed by atoms with Crippen LogP contribution >= 0.6 is 0 Å². The van der Waals surface area contributed by atoms with Crippen molar-refractivity contribution in [3.63, 3.8) is 0 Å². The first-order chi connectivity index (χ1) is 14.1. The Morgan fingerprint density at radius 2 is 1.76 bits per heavy atom. The van der Waals surface area contributed by atoms with Gasteiger partial charge in [0.1, 0.15) is 0 Å². The van der Waals surface area contributed by atoms with E-state index in [2.05, 4.69) is 27.5 Å². The van der Waals surface area contributed by atoms with E-state index in [1.54, 1.807) is 0 Å². The van der Waals surface area contributed by atoms with Crippen molar-refractivity contribution in [3.05, 3.63) is 65.7 Å². The lowest BCUT2D eigenvalue weighted by atomic mass is 9.79. The van der Waals surface area contributed by atoms with E-state index in [-0.39, 0.29) is 5.91 Å². The van der Waals surface area contributed by atoms with Crippen molar-refractivity contribution in [1.82, 2.24) is 15.5 Å². The maximum absolute atomic E-state index is 13.1. The number of hydrogen-bond acceptors (Lipinski definition) is 5. The van der Waals surface area contributed by atoms with Gasteiger partial charge in [0.15, 0.2) is 0 Å². The summed E-state index contributed by atoms with van der Waals surface area (Å²) >= 11 is 0. The molecule has 1 amide bonds. The lowest BCUT2D eigenvalue weighted by Gasteiger charge is -2.43. The van der Waals surface area contributed by atoms with E-state index in [1.807, 2.05) is 54.6 Å². The summed E-state index contributed by atoms with van der Waals surface area (Å²) in [6.45, 7) is 5.30. The molecular weight excluding hydrogens is 364 g/mol. The molecule has 0 aromatic heterocycles. The fraction of sp³-hybridized carbons (Fsp3) is 0.435. The number of carbonyl (C=O) groups excluding carboxylic acids is 1. The van der Waals surface area contributed by atoms with E-state index in [0.717, 1.165) is 44.0 Å². The van der Waals surface area contributed by atoms with Crippen molar-refractivity contribution in [2.24, 2.45) is 0 Å².